The van der Waals surface area contributed by atoms with Gasteiger partial charge in [0.15, 0.2) is 5.82 Å². The molecule has 0 saturated heterocycles. The fourth-order valence-electron chi connectivity index (χ4n) is 2.52. The van der Waals surface area contributed by atoms with Crippen molar-refractivity contribution in [1.29, 1.82) is 0 Å². The van der Waals surface area contributed by atoms with Gasteiger partial charge in [-0.1, -0.05) is 0 Å². The van der Waals surface area contributed by atoms with E-state index in [0.29, 0.717) is 22.8 Å². The number of benzene rings is 1. The Morgan fingerprint density at radius 3 is 3.00 bits per heavy atom. The van der Waals surface area contributed by atoms with Crippen molar-refractivity contribution in [2.75, 3.05) is 0 Å². The van der Waals surface area contributed by atoms with Gasteiger partial charge in [-0.25, -0.2) is 19.0 Å². The quantitative estimate of drug-likeness (QED) is 0.505. The van der Waals surface area contributed by atoms with Crippen LogP contribution >= 0.6 is 11.6 Å². The monoisotopic (exact) mass is 303 g/mol. The lowest BCUT2D eigenvalue weighted by atomic mass is 10.1. The average molecular weight is 304 g/mol. The fourth-order valence-corrected chi connectivity index (χ4v) is 2.68. The number of carbonyl (C=O) groups excluding carboxylic acids is 1. The molecule has 0 spiro atoms. The van der Waals surface area contributed by atoms with Gasteiger partial charge in [0, 0.05) is 5.56 Å². The molecule has 0 saturated carbocycles. The van der Waals surface area contributed by atoms with E-state index in [1.54, 1.807) is 15.3 Å². The number of imidazole rings is 1. The summed E-state index contributed by atoms with van der Waals surface area (Å²) in [6.45, 7) is 0.277. The molecule has 2 aromatic heterocycles. The van der Waals surface area contributed by atoms with Crippen molar-refractivity contribution < 1.29 is 9.18 Å². The third kappa shape index (κ3) is 1.71. The summed E-state index contributed by atoms with van der Waals surface area (Å²) in [7, 11) is 0. The second-order valence-electron chi connectivity index (χ2n) is 4.59. The number of aromatic nitrogens is 5. The zero-order valence-electron chi connectivity index (χ0n) is 10.5. The second-order valence-corrected chi connectivity index (χ2v) is 4.93. The molecule has 0 bridgehead atoms. The number of halogens is 2. The van der Waals surface area contributed by atoms with Crippen LogP contribution in [0.1, 0.15) is 16.2 Å². The Kier molecular flexibility index (Phi) is 2.46. The number of rotatable bonds is 1. The van der Waals surface area contributed by atoms with Crippen molar-refractivity contribution in [3.05, 3.63) is 48.1 Å². The van der Waals surface area contributed by atoms with Crippen molar-refractivity contribution in [2.24, 2.45) is 0 Å². The zero-order chi connectivity index (χ0) is 14.6. The highest BCUT2D eigenvalue weighted by Crippen LogP contribution is 2.31. The van der Waals surface area contributed by atoms with E-state index in [0.717, 1.165) is 0 Å². The van der Waals surface area contributed by atoms with Gasteiger partial charge in [-0.05, 0) is 29.8 Å². The smallest absolute Gasteiger partial charge is 0.272 e. The number of hydrogen-bond acceptors (Lipinski definition) is 4. The summed E-state index contributed by atoms with van der Waals surface area (Å²) in [4.78, 5) is 19.7. The molecule has 8 heteroatoms. The Bertz CT molecular complexity index is 885. The van der Waals surface area contributed by atoms with Crippen molar-refractivity contribution in [2.45, 2.75) is 6.54 Å². The van der Waals surface area contributed by atoms with Crippen molar-refractivity contribution >= 4 is 16.8 Å². The van der Waals surface area contributed by atoms with Crippen LogP contribution in [0.5, 0.6) is 0 Å². The Hall–Kier alpha value is -2.54. The normalized spacial score (nSPS) is 12.3. The molecule has 3 heterocycles. The second kappa shape index (κ2) is 4.23. The first-order chi connectivity index (χ1) is 10.1. The summed E-state index contributed by atoms with van der Waals surface area (Å²) in [6, 6.07) is 4.34. The highest BCUT2D eigenvalue weighted by molar-refractivity contribution is 6.67. The van der Waals surface area contributed by atoms with Gasteiger partial charge < -0.3 is 0 Å². The molecule has 1 aliphatic rings. The summed E-state index contributed by atoms with van der Waals surface area (Å²) in [5.74, 6) is 0.154. The van der Waals surface area contributed by atoms with Crippen LogP contribution in [-0.2, 0) is 6.54 Å². The van der Waals surface area contributed by atoms with Crippen LogP contribution in [0.25, 0.3) is 17.1 Å². The first kappa shape index (κ1) is 12.2. The van der Waals surface area contributed by atoms with E-state index in [1.165, 1.54) is 24.8 Å². The molecule has 3 aromatic rings. The molecule has 1 aromatic carbocycles. The van der Waals surface area contributed by atoms with Crippen molar-refractivity contribution in [1.82, 2.24) is 24.3 Å². The molecule has 6 nitrogen and oxygen atoms in total. The van der Waals surface area contributed by atoms with Gasteiger partial charge >= 0.3 is 0 Å². The molecular weight excluding hydrogens is 297 g/mol. The maximum Gasteiger partial charge on any atom is 0.272 e. The van der Waals surface area contributed by atoms with E-state index in [4.69, 9.17) is 11.6 Å². The van der Waals surface area contributed by atoms with E-state index in [2.05, 4.69) is 15.1 Å². The minimum absolute atomic E-state index is 0.162. The van der Waals surface area contributed by atoms with E-state index in [1.807, 2.05) is 0 Å². The molecule has 21 heavy (non-hydrogen) atoms. The van der Waals surface area contributed by atoms with Gasteiger partial charge in [-0.2, -0.15) is 5.10 Å². The zero-order valence-corrected chi connectivity index (χ0v) is 11.3. The SMILES string of the molecule is O=C(Cl)c1ncn2c1Cn1ncnc1-c1cc(F)ccc1-2. The Labute approximate surface area is 122 Å². The Morgan fingerprint density at radius 2 is 2.19 bits per heavy atom. The van der Waals surface area contributed by atoms with Crippen molar-refractivity contribution in [3.8, 4) is 17.1 Å². The molecular formula is C13H7ClFN5O. The van der Waals surface area contributed by atoms with Crippen LogP contribution in [0.2, 0.25) is 0 Å². The maximum absolute atomic E-state index is 13.6. The molecule has 1 aliphatic heterocycles. The van der Waals surface area contributed by atoms with Crippen LogP contribution in [0.15, 0.2) is 30.9 Å². The number of nitrogens with zero attached hydrogens (tertiary/aromatic N) is 5. The summed E-state index contributed by atoms with van der Waals surface area (Å²) in [5, 5.41) is 3.47. The van der Waals surface area contributed by atoms with Gasteiger partial charge in [0.25, 0.3) is 5.24 Å². The van der Waals surface area contributed by atoms with Gasteiger partial charge in [0.1, 0.15) is 24.2 Å². The van der Waals surface area contributed by atoms with Gasteiger partial charge in [-0.3, -0.25) is 9.36 Å². The minimum atomic E-state index is -0.643. The number of carbonyl (C=O) groups is 1. The standard InChI is InChI=1S/C13H7ClFN5O/c14-12(21)11-10-4-20-13(16-5-18-20)8-3-7(15)1-2-9(8)19(10)6-17-11/h1-3,5-6H,4H2. The molecule has 4 rings (SSSR count). The highest BCUT2D eigenvalue weighted by atomic mass is 35.5. The van der Waals surface area contributed by atoms with Gasteiger partial charge in [0.05, 0.1) is 17.9 Å². The topological polar surface area (TPSA) is 65.6 Å². The molecule has 0 atom stereocenters. The summed E-state index contributed by atoms with van der Waals surface area (Å²) in [6.07, 6.45) is 2.88. The van der Waals surface area contributed by atoms with E-state index in [-0.39, 0.29) is 18.1 Å². The fraction of sp³-hybridized carbons (Fsp3) is 0.0769. The lowest BCUT2D eigenvalue weighted by Gasteiger charge is -2.08. The summed E-state index contributed by atoms with van der Waals surface area (Å²) < 4.78 is 16.9. The van der Waals surface area contributed by atoms with Gasteiger partial charge in [-0.15, -0.1) is 0 Å². The molecule has 104 valence electrons. The van der Waals surface area contributed by atoms with Crippen molar-refractivity contribution in [3.63, 3.8) is 0 Å². The number of fused-ring (bicyclic) bond motifs is 5. The Balaban J connectivity index is 2.09. The largest absolute Gasteiger partial charge is 0.300 e. The molecule has 0 unspecified atom stereocenters. The lowest BCUT2D eigenvalue weighted by molar-refractivity contribution is 0.107. The lowest BCUT2D eigenvalue weighted by Crippen LogP contribution is -2.08. The highest BCUT2D eigenvalue weighted by Gasteiger charge is 2.25. The van der Waals surface area contributed by atoms with Crippen LogP contribution in [0.4, 0.5) is 4.39 Å². The first-order valence-electron chi connectivity index (χ1n) is 6.09. The first-order valence-corrected chi connectivity index (χ1v) is 6.47. The average Bonchev–Trinajstić information content (AvgIpc) is 3.04. The predicted octanol–water partition coefficient (Wildman–Crippen LogP) is 2.01. The summed E-state index contributed by atoms with van der Waals surface area (Å²) >= 11 is 5.57. The minimum Gasteiger partial charge on any atom is -0.300 e. The molecule has 0 fully saturated rings. The van der Waals surface area contributed by atoms with Crippen LogP contribution in [0, 0.1) is 5.82 Å². The molecule has 0 amide bonds. The van der Waals surface area contributed by atoms with E-state index < -0.39 is 5.24 Å². The molecule has 0 radical (unpaired) electrons. The van der Waals surface area contributed by atoms with E-state index >= 15 is 0 Å². The number of hydrogen-bond donors (Lipinski definition) is 0. The van der Waals surface area contributed by atoms with Crippen LogP contribution in [0.3, 0.4) is 0 Å². The maximum atomic E-state index is 13.6. The van der Waals surface area contributed by atoms with E-state index in [9.17, 15) is 9.18 Å². The third-order valence-corrected chi connectivity index (χ3v) is 3.61. The third-order valence-electron chi connectivity index (χ3n) is 3.43. The predicted molar refractivity (Wildman–Crippen MR) is 71.8 cm³/mol. The van der Waals surface area contributed by atoms with Crippen LogP contribution < -0.4 is 0 Å². The van der Waals surface area contributed by atoms with Gasteiger partial charge in [0.2, 0.25) is 0 Å². The summed E-state index contributed by atoms with van der Waals surface area (Å²) in [5.41, 5.74) is 2.01. The molecule has 0 N–H and O–H groups in total. The Morgan fingerprint density at radius 1 is 1.33 bits per heavy atom. The van der Waals surface area contributed by atoms with Crippen LogP contribution in [-0.4, -0.2) is 29.6 Å². The molecule has 0 aliphatic carbocycles.